The van der Waals surface area contributed by atoms with Gasteiger partial charge in [-0.1, -0.05) is 15.9 Å². The quantitative estimate of drug-likeness (QED) is 0.492. The lowest BCUT2D eigenvalue weighted by atomic mass is 10.1. The second-order valence-corrected chi connectivity index (χ2v) is 5.76. The Labute approximate surface area is 143 Å². The average molecular weight is 387 g/mol. The summed E-state index contributed by atoms with van der Waals surface area (Å²) in [4.78, 5) is 35.2. The van der Waals surface area contributed by atoms with E-state index in [1.165, 1.54) is 24.3 Å². The molecule has 0 saturated heterocycles. The molecule has 8 nitrogen and oxygen atoms in total. The molecule has 0 aliphatic carbocycles. The van der Waals surface area contributed by atoms with Crippen LogP contribution in [0.2, 0.25) is 0 Å². The predicted octanol–water partition coefficient (Wildman–Crippen LogP) is 2.85. The highest BCUT2D eigenvalue weighted by molar-refractivity contribution is 9.10. The smallest absolute Gasteiger partial charge is 0.282 e. The van der Waals surface area contributed by atoms with E-state index >= 15 is 0 Å². The molecule has 0 radical (unpaired) electrons. The maximum absolute atomic E-state index is 12.4. The minimum Gasteiger partial charge on any atom is -0.282 e. The van der Waals surface area contributed by atoms with Gasteiger partial charge in [0.25, 0.3) is 17.5 Å². The summed E-state index contributed by atoms with van der Waals surface area (Å²) in [6, 6.07) is 10.1. The summed E-state index contributed by atoms with van der Waals surface area (Å²) >= 11 is 3.22. The van der Waals surface area contributed by atoms with Crippen LogP contribution in [0.3, 0.4) is 0 Å². The molecule has 0 saturated carbocycles. The summed E-state index contributed by atoms with van der Waals surface area (Å²) < 4.78 is 0.633. The van der Waals surface area contributed by atoms with Crippen molar-refractivity contribution < 1.29 is 14.5 Å². The van der Waals surface area contributed by atoms with Gasteiger partial charge in [-0.3, -0.25) is 25.1 Å². The summed E-state index contributed by atoms with van der Waals surface area (Å²) in [5, 5.41) is 20.7. The number of benzene rings is 2. The molecule has 0 aromatic heterocycles. The van der Waals surface area contributed by atoms with Crippen molar-refractivity contribution in [1.82, 2.24) is 5.01 Å². The topological polar surface area (TPSA) is 116 Å². The molecule has 1 aliphatic heterocycles. The highest BCUT2D eigenvalue weighted by atomic mass is 79.9. The van der Waals surface area contributed by atoms with E-state index in [9.17, 15) is 19.7 Å². The molecule has 2 aromatic rings. The van der Waals surface area contributed by atoms with Crippen LogP contribution >= 0.6 is 15.9 Å². The number of nitro benzene ring substituents is 1. The van der Waals surface area contributed by atoms with E-state index in [1.807, 2.05) is 0 Å². The van der Waals surface area contributed by atoms with Gasteiger partial charge in [0.1, 0.15) is 5.69 Å². The Hall–Kier alpha value is -3.25. The number of anilines is 1. The minimum atomic E-state index is -0.696. The maximum atomic E-state index is 12.4. The fraction of sp³-hybridized carbons (Fsp3) is 0. The zero-order valence-corrected chi connectivity index (χ0v) is 13.4. The predicted molar refractivity (Wildman–Crippen MR) is 86.1 cm³/mol. The van der Waals surface area contributed by atoms with Crippen LogP contribution in [0.1, 0.15) is 26.3 Å². The van der Waals surface area contributed by atoms with Crippen molar-refractivity contribution in [2.24, 2.45) is 0 Å². The van der Waals surface area contributed by atoms with Gasteiger partial charge in [0.05, 0.1) is 27.7 Å². The summed E-state index contributed by atoms with van der Waals surface area (Å²) in [6.07, 6.45) is 0. The third kappa shape index (κ3) is 2.49. The van der Waals surface area contributed by atoms with Gasteiger partial charge in [0.2, 0.25) is 0 Å². The van der Waals surface area contributed by atoms with Gasteiger partial charge in [-0.05, 0) is 30.3 Å². The van der Waals surface area contributed by atoms with Crippen molar-refractivity contribution in [2.75, 3.05) is 5.43 Å². The molecule has 0 fully saturated rings. The largest absolute Gasteiger partial charge is 0.295 e. The minimum absolute atomic E-state index is 0.0624. The number of carbonyl (C=O) groups excluding carboxylic acids is 2. The fourth-order valence-electron chi connectivity index (χ4n) is 2.28. The number of nitriles is 1. The first-order valence-corrected chi connectivity index (χ1v) is 7.35. The first kappa shape index (κ1) is 15.6. The number of rotatable bonds is 3. The Balaban J connectivity index is 1.99. The number of imide groups is 1. The van der Waals surface area contributed by atoms with Gasteiger partial charge in [-0.2, -0.15) is 10.3 Å². The van der Waals surface area contributed by atoms with Crippen molar-refractivity contribution in [3.05, 3.63) is 67.7 Å². The van der Waals surface area contributed by atoms with E-state index in [0.717, 1.165) is 6.07 Å². The molecule has 0 spiro atoms. The van der Waals surface area contributed by atoms with Crippen LogP contribution in [-0.2, 0) is 0 Å². The van der Waals surface area contributed by atoms with Gasteiger partial charge in [0.15, 0.2) is 0 Å². The lowest BCUT2D eigenvalue weighted by Gasteiger charge is -2.16. The summed E-state index contributed by atoms with van der Waals surface area (Å²) in [5.74, 6) is -1.23. The number of halogens is 1. The van der Waals surface area contributed by atoms with Crippen LogP contribution in [0.15, 0.2) is 40.9 Å². The SMILES string of the molecule is N#Cc1ccc(NN2C(=O)c3ccc(Br)cc3C2=O)c([N+](=O)[O-])c1. The number of carbonyl (C=O) groups is 2. The van der Waals surface area contributed by atoms with E-state index in [1.54, 1.807) is 12.1 Å². The molecule has 118 valence electrons. The first-order chi connectivity index (χ1) is 11.4. The molecule has 9 heteroatoms. The second kappa shape index (κ2) is 5.75. The first-order valence-electron chi connectivity index (χ1n) is 6.56. The zero-order chi connectivity index (χ0) is 17.4. The van der Waals surface area contributed by atoms with E-state index < -0.39 is 22.4 Å². The number of nitrogens with one attached hydrogen (secondary N) is 1. The third-order valence-electron chi connectivity index (χ3n) is 3.40. The van der Waals surface area contributed by atoms with Gasteiger partial charge >= 0.3 is 0 Å². The zero-order valence-electron chi connectivity index (χ0n) is 11.8. The second-order valence-electron chi connectivity index (χ2n) is 4.85. The number of nitrogens with zero attached hydrogens (tertiary/aromatic N) is 3. The molecule has 0 unspecified atom stereocenters. The molecule has 3 rings (SSSR count). The van der Waals surface area contributed by atoms with Crippen LogP contribution in [0.25, 0.3) is 0 Å². The van der Waals surface area contributed by atoms with Crippen LogP contribution in [0, 0.1) is 21.4 Å². The van der Waals surface area contributed by atoms with Crippen molar-refractivity contribution in [1.29, 1.82) is 5.26 Å². The normalized spacial score (nSPS) is 12.8. The van der Waals surface area contributed by atoms with Crippen LogP contribution < -0.4 is 5.43 Å². The Kier molecular flexibility index (Phi) is 3.75. The van der Waals surface area contributed by atoms with Gasteiger partial charge in [-0.15, -0.1) is 0 Å². The lowest BCUT2D eigenvalue weighted by Crippen LogP contribution is -2.35. The van der Waals surface area contributed by atoms with Gasteiger partial charge < -0.3 is 0 Å². The van der Waals surface area contributed by atoms with Crippen LogP contribution in [-0.4, -0.2) is 21.7 Å². The molecule has 0 atom stereocenters. The average Bonchev–Trinajstić information content (AvgIpc) is 2.79. The molecule has 24 heavy (non-hydrogen) atoms. The molecular weight excluding hydrogens is 380 g/mol. The number of hydrogen-bond acceptors (Lipinski definition) is 6. The van der Waals surface area contributed by atoms with Gasteiger partial charge in [0, 0.05) is 10.5 Å². The summed E-state index contributed by atoms with van der Waals surface area (Å²) in [7, 11) is 0. The molecule has 1 aliphatic rings. The highest BCUT2D eigenvalue weighted by Gasteiger charge is 2.37. The molecular formula is C15H7BrN4O4. The van der Waals surface area contributed by atoms with Crippen molar-refractivity contribution >= 4 is 39.1 Å². The van der Waals surface area contributed by atoms with E-state index in [-0.39, 0.29) is 22.4 Å². The maximum Gasteiger partial charge on any atom is 0.295 e. The van der Waals surface area contributed by atoms with E-state index in [2.05, 4.69) is 21.4 Å². The summed E-state index contributed by atoms with van der Waals surface area (Å²) in [5.41, 5.74) is 2.49. The Bertz CT molecular complexity index is 951. The fourth-order valence-corrected chi connectivity index (χ4v) is 2.64. The third-order valence-corrected chi connectivity index (χ3v) is 3.90. The van der Waals surface area contributed by atoms with Crippen LogP contribution in [0.5, 0.6) is 0 Å². The number of hydrogen-bond donors (Lipinski definition) is 1. The Morgan fingerprint density at radius 1 is 1.12 bits per heavy atom. The Morgan fingerprint density at radius 3 is 2.50 bits per heavy atom. The summed E-state index contributed by atoms with van der Waals surface area (Å²) in [6.45, 7) is 0. The Morgan fingerprint density at radius 2 is 1.83 bits per heavy atom. The lowest BCUT2D eigenvalue weighted by molar-refractivity contribution is -0.384. The van der Waals surface area contributed by atoms with Crippen molar-refractivity contribution in [3.8, 4) is 6.07 Å². The van der Waals surface area contributed by atoms with Crippen LogP contribution in [0.4, 0.5) is 11.4 Å². The monoisotopic (exact) mass is 386 g/mol. The van der Waals surface area contributed by atoms with Gasteiger partial charge in [-0.25, -0.2) is 0 Å². The van der Waals surface area contributed by atoms with E-state index in [4.69, 9.17) is 5.26 Å². The molecule has 2 aromatic carbocycles. The number of fused-ring (bicyclic) bond motifs is 1. The molecule has 1 heterocycles. The number of amides is 2. The van der Waals surface area contributed by atoms with E-state index in [0.29, 0.717) is 9.48 Å². The number of nitro groups is 1. The van der Waals surface area contributed by atoms with Crippen molar-refractivity contribution in [3.63, 3.8) is 0 Å². The van der Waals surface area contributed by atoms with Crippen molar-refractivity contribution in [2.45, 2.75) is 0 Å². The standard InChI is InChI=1S/C15H7BrN4O4/c16-9-2-3-10-11(6-9)15(22)19(14(10)21)18-12-4-1-8(7-17)5-13(12)20(23)24/h1-6,18H. The molecule has 0 bridgehead atoms. The number of hydrazine groups is 1. The molecule has 2 amide bonds. The highest BCUT2D eigenvalue weighted by Crippen LogP contribution is 2.30. The molecule has 1 N–H and O–H groups in total.